The van der Waals surface area contributed by atoms with Crippen molar-refractivity contribution in [2.75, 3.05) is 18.5 Å². The molecule has 6 nitrogen and oxygen atoms in total. The van der Waals surface area contributed by atoms with Crippen LogP contribution >= 0.6 is 0 Å². The molecule has 2 atom stereocenters. The summed E-state index contributed by atoms with van der Waals surface area (Å²) in [5, 5.41) is 12.4. The Hall–Kier alpha value is -2.08. The second-order valence-corrected chi connectivity index (χ2v) is 5.35. The number of carboxylic acids is 1. The first-order valence-corrected chi connectivity index (χ1v) is 6.33. The summed E-state index contributed by atoms with van der Waals surface area (Å²) >= 11 is 0. The highest BCUT2D eigenvalue weighted by atomic mass is 16.5. The van der Waals surface area contributed by atoms with E-state index < -0.39 is 23.3 Å². The average Bonchev–Trinajstić information content (AvgIpc) is 2.72. The molecule has 1 fully saturated rings. The van der Waals surface area contributed by atoms with E-state index in [0.717, 1.165) is 5.56 Å². The molecule has 1 aromatic carbocycles. The van der Waals surface area contributed by atoms with Gasteiger partial charge in [-0.05, 0) is 31.5 Å². The van der Waals surface area contributed by atoms with E-state index >= 15 is 0 Å². The lowest BCUT2D eigenvalue weighted by molar-refractivity contribution is -0.148. The standard InChI is InChI=1S/C14H18N2O4/c1-8-3-4-9(12(15)17)10(5-8)16-11-6-20-7-14(11,2)13(18)19/h3-5,11,16H,6-7H2,1-2H3,(H2,15,17)(H,18,19). The normalized spacial score (nSPS) is 25.4. The number of anilines is 1. The van der Waals surface area contributed by atoms with E-state index in [1.165, 1.54) is 0 Å². The number of benzene rings is 1. The molecular formula is C14H18N2O4. The van der Waals surface area contributed by atoms with Gasteiger partial charge in [0, 0.05) is 5.69 Å². The van der Waals surface area contributed by atoms with Crippen LogP contribution in [-0.2, 0) is 9.53 Å². The van der Waals surface area contributed by atoms with Gasteiger partial charge < -0.3 is 20.9 Å². The Labute approximate surface area is 116 Å². The van der Waals surface area contributed by atoms with Gasteiger partial charge in [-0.15, -0.1) is 0 Å². The maximum atomic E-state index is 11.4. The number of carbonyl (C=O) groups excluding carboxylic acids is 1. The highest BCUT2D eigenvalue weighted by molar-refractivity contribution is 5.98. The van der Waals surface area contributed by atoms with Crippen LogP contribution in [0.2, 0.25) is 0 Å². The molecule has 20 heavy (non-hydrogen) atoms. The van der Waals surface area contributed by atoms with Crippen molar-refractivity contribution in [3.63, 3.8) is 0 Å². The van der Waals surface area contributed by atoms with Crippen LogP contribution in [0.25, 0.3) is 0 Å². The van der Waals surface area contributed by atoms with E-state index in [1.54, 1.807) is 25.1 Å². The fraction of sp³-hybridized carbons (Fsp3) is 0.429. The molecule has 108 valence electrons. The number of rotatable bonds is 4. The van der Waals surface area contributed by atoms with Crippen LogP contribution in [-0.4, -0.2) is 36.2 Å². The second kappa shape index (κ2) is 5.13. The molecule has 1 saturated heterocycles. The predicted molar refractivity (Wildman–Crippen MR) is 73.7 cm³/mol. The molecule has 0 spiro atoms. The van der Waals surface area contributed by atoms with Crippen LogP contribution in [0.1, 0.15) is 22.8 Å². The van der Waals surface area contributed by atoms with Crippen molar-refractivity contribution < 1.29 is 19.4 Å². The molecule has 2 unspecified atom stereocenters. The van der Waals surface area contributed by atoms with Crippen LogP contribution < -0.4 is 11.1 Å². The highest BCUT2D eigenvalue weighted by Crippen LogP contribution is 2.32. The van der Waals surface area contributed by atoms with E-state index in [2.05, 4.69) is 5.32 Å². The van der Waals surface area contributed by atoms with Gasteiger partial charge in [-0.3, -0.25) is 9.59 Å². The van der Waals surface area contributed by atoms with Gasteiger partial charge in [-0.2, -0.15) is 0 Å². The molecule has 0 aromatic heterocycles. The third kappa shape index (κ3) is 2.46. The number of nitrogens with two attached hydrogens (primary N) is 1. The number of hydrogen-bond acceptors (Lipinski definition) is 4. The molecule has 1 heterocycles. The maximum Gasteiger partial charge on any atom is 0.313 e. The summed E-state index contributed by atoms with van der Waals surface area (Å²) < 4.78 is 5.28. The van der Waals surface area contributed by atoms with Crippen LogP contribution in [0.4, 0.5) is 5.69 Å². The lowest BCUT2D eigenvalue weighted by Gasteiger charge is -2.27. The van der Waals surface area contributed by atoms with Gasteiger partial charge in [0.25, 0.3) is 5.91 Å². The minimum Gasteiger partial charge on any atom is -0.481 e. The molecule has 0 radical (unpaired) electrons. The third-order valence-electron chi connectivity index (χ3n) is 3.71. The molecule has 4 N–H and O–H groups in total. The van der Waals surface area contributed by atoms with E-state index in [-0.39, 0.29) is 13.2 Å². The first-order chi connectivity index (χ1) is 9.34. The van der Waals surface area contributed by atoms with E-state index in [1.807, 2.05) is 6.92 Å². The van der Waals surface area contributed by atoms with E-state index in [9.17, 15) is 14.7 Å². The average molecular weight is 278 g/mol. The summed E-state index contributed by atoms with van der Waals surface area (Å²) in [6.07, 6.45) is 0. The Morgan fingerprint density at radius 1 is 1.50 bits per heavy atom. The Bertz CT molecular complexity index is 558. The van der Waals surface area contributed by atoms with Gasteiger partial charge in [0.05, 0.1) is 24.8 Å². The number of amides is 1. The Morgan fingerprint density at radius 3 is 2.80 bits per heavy atom. The smallest absolute Gasteiger partial charge is 0.313 e. The fourth-order valence-electron chi connectivity index (χ4n) is 2.27. The first-order valence-electron chi connectivity index (χ1n) is 6.33. The van der Waals surface area contributed by atoms with Crippen molar-refractivity contribution in [3.8, 4) is 0 Å². The third-order valence-corrected chi connectivity index (χ3v) is 3.71. The molecule has 2 rings (SSSR count). The van der Waals surface area contributed by atoms with Crippen molar-refractivity contribution in [3.05, 3.63) is 29.3 Å². The van der Waals surface area contributed by atoms with Gasteiger partial charge in [0.2, 0.25) is 0 Å². The number of hydrogen-bond donors (Lipinski definition) is 3. The molecule has 0 aliphatic carbocycles. The van der Waals surface area contributed by atoms with Crippen molar-refractivity contribution in [1.82, 2.24) is 0 Å². The van der Waals surface area contributed by atoms with Crippen LogP contribution in [0.15, 0.2) is 18.2 Å². The van der Waals surface area contributed by atoms with Crippen LogP contribution in [0, 0.1) is 12.3 Å². The molecule has 1 aromatic rings. The van der Waals surface area contributed by atoms with Crippen molar-refractivity contribution in [2.24, 2.45) is 11.1 Å². The van der Waals surface area contributed by atoms with Gasteiger partial charge in [0.15, 0.2) is 0 Å². The molecule has 6 heteroatoms. The first kappa shape index (κ1) is 14.3. The van der Waals surface area contributed by atoms with E-state index in [4.69, 9.17) is 10.5 Å². The zero-order valence-corrected chi connectivity index (χ0v) is 11.5. The Balaban J connectivity index is 2.32. The molecule has 0 saturated carbocycles. The fourth-order valence-corrected chi connectivity index (χ4v) is 2.27. The minimum absolute atomic E-state index is 0.137. The summed E-state index contributed by atoms with van der Waals surface area (Å²) in [7, 11) is 0. The van der Waals surface area contributed by atoms with Gasteiger partial charge in [-0.25, -0.2) is 0 Å². The molecule has 1 aliphatic rings. The zero-order chi connectivity index (χ0) is 14.9. The minimum atomic E-state index is -1.03. The highest BCUT2D eigenvalue weighted by Gasteiger charge is 2.46. The Morgan fingerprint density at radius 2 is 2.20 bits per heavy atom. The SMILES string of the molecule is Cc1ccc(C(N)=O)c(NC2COCC2(C)C(=O)O)c1. The van der Waals surface area contributed by atoms with E-state index in [0.29, 0.717) is 11.3 Å². The zero-order valence-electron chi connectivity index (χ0n) is 11.5. The topological polar surface area (TPSA) is 102 Å². The monoisotopic (exact) mass is 278 g/mol. The second-order valence-electron chi connectivity index (χ2n) is 5.35. The lowest BCUT2D eigenvalue weighted by Crippen LogP contribution is -2.43. The number of carboxylic acid groups (broad SMARTS) is 1. The van der Waals surface area contributed by atoms with Crippen molar-refractivity contribution in [1.29, 1.82) is 0 Å². The lowest BCUT2D eigenvalue weighted by atomic mass is 9.85. The number of aliphatic carboxylic acids is 1. The largest absolute Gasteiger partial charge is 0.481 e. The number of nitrogens with one attached hydrogen (secondary N) is 1. The van der Waals surface area contributed by atoms with Crippen molar-refractivity contribution >= 4 is 17.6 Å². The Kier molecular flexibility index (Phi) is 3.67. The van der Waals surface area contributed by atoms with Gasteiger partial charge in [-0.1, -0.05) is 6.07 Å². The number of ether oxygens (including phenoxy) is 1. The number of primary amides is 1. The summed E-state index contributed by atoms with van der Waals surface area (Å²) in [5.74, 6) is -1.48. The maximum absolute atomic E-state index is 11.4. The summed E-state index contributed by atoms with van der Waals surface area (Å²) in [6.45, 7) is 3.92. The number of aryl methyl sites for hydroxylation is 1. The van der Waals surface area contributed by atoms with Crippen LogP contribution in [0.3, 0.4) is 0 Å². The van der Waals surface area contributed by atoms with Gasteiger partial charge >= 0.3 is 5.97 Å². The van der Waals surface area contributed by atoms with Gasteiger partial charge in [0.1, 0.15) is 5.41 Å². The summed E-state index contributed by atoms with van der Waals surface area (Å²) in [5.41, 5.74) is 6.15. The number of carbonyl (C=O) groups is 2. The quantitative estimate of drug-likeness (QED) is 0.762. The predicted octanol–water partition coefficient (Wildman–Crippen LogP) is 0.996. The van der Waals surface area contributed by atoms with Crippen molar-refractivity contribution in [2.45, 2.75) is 19.9 Å². The molecular weight excluding hydrogens is 260 g/mol. The molecule has 0 bridgehead atoms. The van der Waals surface area contributed by atoms with Crippen LogP contribution in [0.5, 0.6) is 0 Å². The summed E-state index contributed by atoms with van der Waals surface area (Å²) in [6, 6.07) is 4.78. The molecule has 1 aliphatic heterocycles. The molecule has 1 amide bonds. The summed E-state index contributed by atoms with van der Waals surface area (Å²) in [4.78, 5) is 22.8.